The highest BCUT2D eigenvalue weighted by molar-refractivity contribution is 5.65. The van der Waals surface area contributed by atoms with Gasteiger partial charge in [0.05, 0.1) is 12.3 Å². The predicted octanol–water partition coefficient (Wildman–Crippen LogP) is -1.64. The van der Waals surface area contributed by atoms with Crippen LogP contribution in [-0.4, -0.2) is 61.0 Å². The summed E-state index contributed by atoms with van der Waals surface area (Å²) in [6.07, 6.45) is -8.27. The van der Waals surface area contributed by atoms with Crippen LogP contribution in [-0.2, 0) is 4.74 Å². The van der Waals surface area contributed by atoms with Gasteiger partial charge < -0.3 is 30.1 Å². The van der Waals surface area contributed by atoms with Crippen LogP contribution in [0, 0.1) is 18.3 Å². The third kappa shape index (κ3) is 3.26. The van der Waals surface area contributed by atoms with Gasteiger partial charge in [0.2, 0.25) is 0 Å². The second kappa shape index (κ2) is 7.67. The van der Waals surface area contributed by atoms with Crippen LogP contribution in [0.15, 0.2) is 33.9 Å². The van der Waals surface area contributed by atoms with E-state index in [1.807, 2.05) is 6.92 Å². The Labute approximate surface area is 158 Å². The lowest BCUT2D eigenvalue weighted by Gasteiger charge is -2.40. The standard InChI is InChI=1S/C18H19N3O7/c1-8-2-4-9(5-3-8)12-10(6-19)16(26)21(18(27)20-12)17-15(25)14(24)13(23)11(7-22)28-17/h2-5,11,13-15,17,22-25H,7H2,1H3,(H,20,27). The predicted molar refractivity (Wildman–Crippen MR) is 95.2 cm³/mol. The first kappa shape index (κ1) is 19.9. The smallest absolute Gasteiger partial charge is 0.331 e. The Hall–Kier alpha value is -2.81. The van der Waals surface area contributed by atoms with E-state index in [1.54, 1.807) is 30.3 Å². The third-order valence-electron chi connectivity index (χ3n) is 4.71. The van der Waals surface area contributed by atoms with Crippen LogP contribution in [0.1, 0.15) is 17.4 Å². The number of nitriles is 1. The van der Waals surface area contributed by atoms with Crippen molar-refractivity contribution in [3.63, 3.8) is 0 Å². The number of aryl methyl sites for hydroxylation is 1. The zero-order valence-corrected chi connectivity index (χ0v) is 14.8. The van der Waals surface area contributed by atoms with E-state index >= 15 is 0 Å². The average molecular weight is 389 g/mol. The minimum absolute atomic E-state index is 0.0124. The number of aliphatic hydroxyl groups is 4. The third-order valence-corrected chi connectivity index (χ3v) is 4.71. The average Bonchev–Trinajstić information content (AvgIpc) is 2.68. The normalized spacial score (nSPS) is 27.4. The van der Waals surface area contributed by atoms with Gasteiger partial charge in [-0.3, -0.25) is 4.79 Å². The maximum atomic E-state index is 12.8. The quantitative estimate of drug-likeness (QED) is 0.416. The fraction of sp³-hybridized carbons (Fsp3) is 0.389. The molecular formula is C18H19N3O7. The number of nitrogens with one attached hydrogen (secondary N) is 1. The van der Waals surface area contributed by atoms with Crippen molar-refractivity contribution in [3.05, 3.63) is 56.2 Å². The van der Waals surface area contributed by atoms with Gasteiger partial charge >= 0.3 is 5.69 Å². The van der Waals surface area contributed by atoms with Crippen molar-refractivity contribution in [2.24, 2.45) is 0 Å². The van der Waals surface area contributed by atoms with E-state index in [4.69, 9.17) is 4.74 Å². The molecular weight excluding hydrogens is 370 g/mol. The number of aliphatic hydroxyl groups excluding tert-OH is 4. The monoisotopic (exact) mass is 389 g/mol. The van der Waals surface area contributed by atoms with Gasteiger partial charge in [0.1, 0.15) is 36.0 Å². The minimum atomic E-state index is -1.84. The van der Waals surface area contributed by atoms with Crippen LogP contribution in [0.2, 0.25) is 0 Å². The molecule has 5 N–H and O–H groups in total. The van der Waals surface area contributed by atoms with Gasteiger partial charge in [0.15, 0.2) is 6.23 Å². The molecule has 3 rings (SSSR count). The topological polar surface area (TPSA) is 169 Å². The Morgan fingerprint density at radius 3 is 2.36 bits per heavy atom. The number of hydrogen-bond donors (Lipinski definition) is 5. The van der Waals surface area contributed by atoms with Gasteiger partial charge in [-0.2, -0.15) is 5.26 Å². The van der Waals surface area contributed by atoms with E-state index in [2.05, 4.69) is 4.98 Å². The van der Waals surface area contributed by atoms with Crippen molar-refractivity contribution >= 4 is 0 Å². The van der Waals surface area contributed by atoms with E-state index in [0.29, 0.717) is 10.1 Å². The highest BCUT2D eigenvalue weighted by atomic mass is 16.6. The summed E-state index contributed by atoms with van der Waals surface area (Å²) < 4.78 is 5.72. The molecule has 1 fully saturated rings. The molecule has 1 saturated heterocycles. The van der Waals surface area contributed by atoms with E-state index in [0.717, 1.165) is 5.56 Å². The largest absolute Gasteiger partial charge is 0.394 e. The van der Waals surface area contributed by atoms with Gasteiger partial charge in [-0.1, -0.05) is 29.8 Å². The van der Waals surface area contributed by atoms with Crippen molar-refractivity contribution < 1.29 is 25.2 Å². The van der Waals surface area contributed by atoms with Gasteiger partial charge in [-0.15, -0.1) is 0 Å². The molecule has 10 heteroatoms. The van der Waals surface area contributed by atoms with Crippen LogP contribution in [0.5, 0.6) is 0 Å². The molecule has 0 spiro atoms. The highest BCUT2D eigenvalue weighted by Gasteiger charge is 2.45. The molecule has 0 aliphatic carbocycles. The summed E-state index contributed by atoms with van der Waals surface area (Å²) in [6, 6.07) is 8.51. The summed E-state index contributed by atoms with van der Waals surface area (Å²) in [5.74, 6) is 0. The van der Waals surface area contributed by atoms with Crippen LogP contribution < -0.4 is 11.2 Å². The summed E-state index contributed by atoms with van der Waals surface area (Å²) in [7, 11) is 0. The zero-order chi connectivity index (χ0) is 20.6. The molecule has 0 bridgehead atoms. The summed E-state index contributed by atoms with van der Waals surface area (Å²) in [5.41, 5.74) is -1.01. The molecule has 2 aromatic rings. The lowest BCUT2D eigenvalue weighted by Crippen LogP contribution is -2.59. The molecule has 148 valence electrons. The Kier molecular flexibility index (Phi) is 5.46. The van der Waals surface area contributed by atoms with Gasteiger partial charge in [-0.05, 0) is 12.5 Å². The summed E-state index contributed by atoms with van der Waals surface area (Å²) in [4.78, 5) is 27.9. The first-order valence-electron chi connectivity index (χ1n) is 8.46. The molecule has 0 amide bonds. The SMILES string of the molecule is Cc1ccc(-c2[nH]c(=O)n(C3OC(CO)C(O)C(O)C3O)c(=O)c2C#N)cc1. The molecule has 2 heterocycles. The van der Waals surface area contributed by atoms with Gasteiger partial charge in [-0.25, -0.2) is 9.36 Å². The number of aromatic amines is 1. The lowest BCUT2D eigenvalue weighted by molar-refractivity contribution is -0.252. The van der Waals surface area contributed by atoms with E-state index in [9.17, 15) is 35.3 Å². The van der Waals surface area contributed by atoms with Gasteiger partial charge in [0.25, 0.3) is 5.56 Å². The number of aromatic nitrogens is 2. The first-order chi connectivity index (χ1) is 13.3. The summed E-state index contributed by atoms with van der Waals surface area (Å²) >= 11 is 0. The van der Waals surface area contributed by atoms with Crippen LogP contribution in [0.25, 0.3) is 11.3 Å². The molecule has 1 aromatic heterocycles. The molecule has 1 aliphatic rings. The second-order valence-corrected chi connectivity index (χ2v) is 6.55. The molecule has 28 heavy (non-hydrogen) atoms. The fourth-order valence-corrected chi connectivity index (χ4v) is 3.12. The van der Waals surface area contributed by atoms with E-state index < -0.39 is 48.5 Å². The fourth-order valence-electron chi connectivity index (χ4n) is 3.12. The Balaban J connectivity index is 2.16. The van der Waals surface area contributed by atoms with E-state index in [-0.39, 0.29) is 11.3 Å². The maximum Gasteiger partial charge on any atom is 0.331 e. The minimum Gasteiger partial charge on any atom is -0.394 e. The number of rotatable bonds is 3. The first-order valence-corrected chi connectivity index (χ1v) is 8.46. The molecule has 0 saturated carbocycles. The Morgan fingerprint density at radius 1 is 1.14 bits per heavy atom. The van der Waals surface area contributed by atoms with Crippen molar-refractivity contribution in [3.8, 4) is 17.3 Å². The highest BCUT2D eigenvalue weighted by Crippen LogP contribution is 2.27. The zero-order valence-electron chi connectivity index (χ0n) is 14.8. The van der Waals surface area contributed by atoms with Crippen molar-refractivity contribution in [1.29, 1.82) is 5.26 Å². The van der Waals surface area contributed by atoms with Crippen molar-refractivity contribution in [1.82, 2.24) is 9.55 Å². The van der Waals surface area contributed by atoms with Crippen LogP contribution >= 0.6 is 0 Å². The molecule has 1 aromatic carbocycles. The Bertz CT molecular complexity index is 1020. The molecule has 1 aliphatic heterocycles. The summed E-state index contributed by atoms with van der Waals surface area (Å²) in [6.45, 7) is 1.13. The molecule has 0 radical (unpaired) electrons. The molecule has 5 atom stereocenters. The van der Waals surface area contributed by atoms with Crippen LogP contribution in [0.3, 0.4) is 0 Å². The lowest BCUT2D eigenvalue weighted by atomic mass is 9.98. The summed E-state index contributed by atoms with van der Waals surface area (Å²) in [5, 5.41) is 48.7. The number of nitrogens with zero attached hydrogens (tertiary/aromatic N) is 2. The number of benzene rings is 1. The maximum absolute atomic E-state index is 12.8. The molecule has 5 unspecified atom stereocenters. The molecule has 10 nitrogen and oxygen atoms in total. The van der Waals surface area contributed by atoms with Gasteiger partial charge in [0, 0.05) is 0 Å². The Morgan fingerprint density at radius 2 is 1.79 bits per heavy atom. The second-order valence-electron chi connectivity index (χ2n) is 6.55. The number of ether oxygens (including phenoxy) is 1. The number of H-pyrrole nitrogens is 1. The van der Waals surface area contributed by atoms with Crippen molar-refractivity contribution in [2.45, 2.75) is 37.6 Å². The number of hydrogen-bond acceptors (Lipinski definition) is 8. The van der Waals surface area contributed by atoms with Crippen molar-refractivity contribution in [2.75, 3.05) is 6.61 Å². The van der Waals surface area contributed by atoms with E-state index in [1.165, 1.54) is 0 Å². The van der Waals surface area contributed by atoms with Crippen LogP contribution in [0.4, 0.5) is 0 Å².